The SMILES string of the molecule is COC(=O)CCc1ccc(OCc2cccc(Oc3ccccc3)c2)cc1. The molecule has 0 aliphatic carbocycles. The smallest absolute Gasteiger partial charge is 0.305 e. The zero-order chi connectivity index (χ0) is 18.9. The first-order valence-corrected chi connectivity index (χ1v) is 8.83. The maximum atomic E-state index is 11.2. The van der Waals surface area contributed by atoms with Crippen LogP contribution in [0.25, 0.3) is 0 Å². The van der Waals surface area contributed by atoms with Gasteiger partial charge in [-0.2, -0.15) is 0 Å². The minimum Gasteiger partial charge on any atom is -0.489 e. The van der Waals surface area contributed by atoms with E-state index in [1.807, 2.05) is 78.9 Å². The molecule has 0 bridgehead atoms. The van der Waals surface area contributed by atoms with Crippen molar-refractivity contribution in [2.75, 3.05) is 7.11 Å². The second kappa shape index (κ2) is 9.43. The Morgan fingerprint density at radius 3 is 2.26 bits per heavy atom. The van der Waals surface area contributed by atoms with E-state index < -0.39 is 0 Å². The largest absolute Gasteiger partial charge is 0.489 e. The molecule has 0 spiro atoms. The van der Waals surface area contributed by atoms with Gasteiger partial charge >= 0.3 is 5.97 Å². The van der Waals surface area contributed by atoms with Crippen molar-refractivity contribution in [2.24, 2.45) is 0 Å². The van der Waals surface area contributed by atoms with Gasteiger partial charge in [-0.05, 0) is 53.9 Å². The van der Waals surface area contributed by atoms with Gasteiger partial charge in [0.15, 0.2) is 0 Å². The Labute approximate surface area is 159 Å². The molecule has 27 heavy (non-hydrogen) atoms. The summed E-state index contributed by atoms with van der Waals surface area (Å²) in [6.45, 7) is 0.452. The van der Waals surface area contributed by atoms with Crippen molar-refractivity contribution >= 4 is 5.97 Å². The van der Waals surface area contributed by atoms with Crippen LogP contribution in [0.4, 0.5) is 0 Å². The second-order valence-electron chi connectivity index (χ2n) is 6.07. The number of para-hydroxylation sites is 1. The number of carbonyl (C=O) groups is 1. The highest BCUT2D eigenvalue weighted by molar-refractivity contribution is 5.69. The summed E-state index contributed by atoms with van der Waals surface area (Å²) in [7, 11) is 1.40. The molecule has 138 valence electrons. The Hall–Kier alpha value is -3.27. The van der Waals surface area contributed by atoms with Crippen molar-refractivity contribution in [3.63, 3.8) is 0 Å². The van der Waals surface area contributed by atoms with Crippen LogP contribution >= 0.6 is 0 Å². The van der Waals surface area contributed by atoms with Crippen LogP contribution < -0.4 is 9.47 Å². The fourth-order valence-electron chi connectivity index (χ4n) is 2.59. The fourth-order valence-corrected chi connectivity index (χ4v) is 2.59. The fraction of sp³-hybridized carbons (Fsp3) is 0.174. The number of ether oxygens (including phenoxy) is 3. The molecular weight excluding hydrogens is 340 g/mol. The van der Waals surface area contributed by atoms with Crippen molar-refractivity contribution in [1.82, 2.24) is 0 Å². The molecule has 4 heteroatoms. The van der Waals surface area contributed by atoms with Crippen LogP contribution in [0.1, 0.15) is 17.5 Å². The monoisotopic (exact) mass is 362 g/mol. The number of hydrogen-bond donors (Lipinski definition) is 0. The maximum absolute atomic E-state index is 11.2. The first-order chi connectivity index (χ1) is 13.2. The lowest BCUT2D eigenvalue weighted by Crippen LogP contribution is -2.02. The van der Waals surface area contributed by atoms with E-state index >= 15 is 0 Å². The van der Waals surface area contributed by atoms with E-state index in [0.29, 0.717) is 19.4 Å². The number of aryl methyl sites for hydroxylation is 1. The summed E-state index contributed by atoms with van der Waals surface area (Å²) in [4.78, 5) is 11.2. The Balaban J connectivity index is 1.54. The minimum absolute atomic E-state index is 0.201. The van der Waals surface area contributed by atoms with Crippen LogP contribution in [0.15, 0.2) is 78.9 Å². The molecule has 0 fully saturated rings. The lowest BCUT2D eigenvalue weighted by molar-refractivity contribution is -0.140. The predicted molar refractivity (Wildman–Crippen MR) is 104 cm³/mol. The molecule has 0 radical (unpaired) electrons. The Kier molecular flexibility index (Phi) is 6.47. The van der Waals surface area contributed by atoms with Gasteiger partial charge in [0.1, 0.15) is 23.9 Å². The van der Waals surface area contributed by atoms with Gasteiger partial charge in [-0.15, -0.1) is 0 Å². The normalized spacial score (nSPS) is 10.3. The highest BCUT2D eigenvalue weighted by Gasteiger charge is 2.03. The zero-order valence-corrected chi connectivity index (χ0v) is 15.3. The highest BCUT2D eigenvalue weighted by Crippen LogP contribution is 2.23. The van der Waals surface area contributed by atoms with Crippen LogP contribution in [0.3, 0.4) is 0 Å². The molecular formula is C23H22O4. The average molecular weight is 362 g/mol. The topological polar surface area (TPSA) is 44.8 Å². The maximum Gasteiger partial charge on any atom is 0.305 e. The number of carbonyl (C=O) groups excluding carboxylic acids is 1. The molecule has 3 rings (SSSR count). The Morgan fingerprint density at radius 1 is 0.778 bits per heavy atom. The molecule has 3 aromatic carbocycles. The summed E-state index contributed by atoms with van der Waals surface area (Å²) >= 11 is 0. The molecule has 0 saturated carbocycles. The van der Waals surface area contributed by atoms with Gasteiger partial charge in [-0.1, -0.05) is 42.5 Å². The molecule has 0 atom stereocenters. The van der Waals surface area contributed by atoms with E-state index in [1.54, 1.807) is 0 Å². The van der Waals surface area contributed by atoms with Crippen molar-refractivity contribution in [3.8, 4) is 17.2 Å². The van der Waals surface area contributed by atoms with Gasteiger partial charge in [0.2, 0.25) is 0 Å². The van der Waals surface area contributed by atoms with Gasteiger partial charge < -0.3 is 14.2 Å². The molecule has 0 amide bonds. The van der Waals surface area contributed by atoms with Crippen molar-refractivity contribution in [2.45, 2.75) is 19.4 Å². The van der Waals surface area contributed by atoms with Gasteiger partial charge in [-0.3, -0.25) is 4.79 Å². The summed E-state index contributed by atoms with van der Waals surface area (Å²) in [5.74, 6) is 2.16. The van der Waals surface area contributed by atoms with Gasteiger partial charge in [-0.25, -0.2) is 0 Å². The molecule has 0 N–H and O–H groups in total. The Bertz CT molecular complexity index is 857. The van der Waals surface area contributed by atoms with Crippen LogP contribution in [-0.2, 0) is 22.6 Å². The molecule has 0 aliphatic heterocycles. The second-order valence-corrected chi connectivity index (χ2v) is 6.07. The third-order valence-electron chi connectivity index (χ3n) is 4.05. The van der Waals surface area contributed by atoms with E-state index in [4.69, 9.17) is 9.47 Å². The third-order valence-corrected chi connectivity index (χ3v) is 4.05. The summed E-state index contributed by atoms with van der Waals surface area (Å²) in [6, 6.07) is 25.3. The molecule has 0 unspecified atom stereocenters. The average Bonchev–Trinajstić information content (AvgIpc) is 2.72. The summed E-state index contributed by atoms with van der Waals surface area (Å²) in [5, 5.41) is 0. The predicted octanol–water partition coefficient (Wildman–Crippen LogP) is 5.16. The Morgan fingerprint density at radius 2 is 1.52 bits per heavy atom. The van der Waals surface area contributed by atoms with E-state index in [9.17, 15) is 4.79 Å². The van der Waals surface area contributed by atoms with E-state index in [-0.39, 0.29) is 5.97 Å². The van der Waals surface area contributed by atoms with Crippen LogP contribution in [0.5, 0.6) is 17.2 Å². The van der Waals surface area contributed by atoms with E-state index in [1.165, 1.54) is 7.11 Å². The third kappa shape index (κ3) is 5.89. The number of rotatable bonds is 8. The molecule has 0 aliphatic rings. The van der Waals surface area contributed by atoms with Crippen LogP contribution in [0.2, 0.25) is 0 Å². The first kappa shape index (κ1) is 18.5. The number of methoxy groups -OCH3 is 1. The first-order valence-electron chi connectivity index (χ1n) is 8.83. The van der Waals surface area contributed by atoms with E-state index in [0.717, 1.165) is 28.4 Å². The number of esters is 1. The van der Waals surface area contributed by atoms with Crippen molar-refractivity contribution in [1.29, 1.82) is 0 Å². The van der Waals surface area contributed by atoms with Gasteiger partial charge in [0.05, 0.1) is 7.11 Å². The molecule has 0 aromatic heterocycles. The standard InChI is InChI=1S/C23H22O4/c1-25-23(24)15-12-18-10-13-20(14-11-18)26-17-19-6-5-9-22(16-19)27-21-7-3-2-4-8-21/h2-11,13-14,16H,12,15,17H2,1H3. The van der Waals surface area contributed by atoms with Crippen LogP contribution in [0, 0.1) is 0 Å². The number of hydrogen-bond acceptors (Lipinski definition) is 4. The summed E-state index contributed by atoms with van der Waals surface area (Å²) in [5.41, 5.74) is 2.10. The lowest BCUT2D eigenvalue weighted by Gasteiger charge is -2.10. The quantitative estimate of drug-likeness (QED) is 0.519. The van der Waals surface area contributed by atoms with Crippen molar-refractivity contribution < 1.29 is 19.0 Å². The highest BCUT2D eigenvalue weighted by atomic mass is 16.5. The van der Waals surface area contributed by atoms with Gasteiger partial charge in [0, 0.05) is 6.42 Å². The zero-order valence-electron chi connectivity index (χ0n) is 15.3. The van der Waals surface area contributed by atoms with Gasteiger partial charge in [0.25, 0.3) is 0 Å². The summed E-state index contributed by atoms with van der Waals surface area (Å²) in [6.07, 6.45) is 1.04. The lowest BCUT2D eigenvalue weighted by atomic mass is 10.1. The van der Waals surface area contributed by atoms with Crippen molar-refractivity contribution in [3.05, 3.63) is 90.0 Å². The molecule has 0 heterocycles. The summed E-state index contributed by atoms with van der Waals surface area (Å²) < 4.78 is 16.4. The molecule has 4 nitrogen and oxygen atoms in total. The minimum atomic E-state index is -0.201. The van der Waals surface area contributed by atoms with Crippen LogP contribution in [-0.4, -0.2) is 13.1 Å². The molecule has 3 aromatic rings. The van der Waals surface area contributed by atoms with E-state index in [2.05, 4.69) is 4.74 Å². The number of benzene rings is 3. The molecule has 0 saturated heterocycles.